The Hall–Kier alpha value is -0.870. The summed E-state index contributed by atoms with van der Waals surface area (Å²) in [6.07, 6.45) is 5.80. The lowest BCUT2D eigenvalue weighted by Gasteiger charge is -2.33. The first-order chi connectivity index (χ1) is 9.11. The van der Waals surface area contributed by atoms with Gasteiger partial charge in [-0.3, -0.25) is 4.68 Å². The Morgan fingerprint density at radius 3 is 2.63 bits per heavy atom. The van der Waals surface area contributed by atoms with Crippen LogP contribution in [-0.2, 0) is 7.05 Å². The van der Waals surface area contributed by atoms with Gasteiger partial charge in [-0.05, 0) is 52.7 Å². The van der Waals surface area contributed by atoms with Crippen molar-refractivity contribution in [2.24, 2.45) is 7.05 Å². The molecule has 0 aromatic carbocycles. The van der Waals surface area contributed by atoms with E-state index < -0.39 is 0 Å². The number of aromatic nitrogens is 2. The lowest BCUT2D eigenvalue weighted by Crippen LogP contribution is -2.43. The summed E-state index contributed by atoms with van der Waals surface area (Å²) in [5.74, 6) is 0. The summed E-state index contributed by atoms with van der Waals surface area (Å²) in [5, 5.41) is 8.11. The van der Waals surface area contributed by atoms with Crippen LogP contribution in [0.4, 0.5) is 0 Å². The number of nitrogens with one attached hydrogen (secondary N) is 1. The molecule has 0 spiro atoms. The Morgan fingerprint density at radius 2 is 2.11 bits per heavy atom. The topological polar surface area (TPSA) is 33.1 Å². The zero-order valence-corrected chi connectivity index (χ0v) is 12.8. The molecule has 1 N–H and O–H groups in total. The van der Waals surface area contributed by atoms with E-state index in [1.165, 1.54) is 50.2 Å². The molecule has 1 saturated heterocycles. The van der Waals surface area contributed by atoms with Crippen molar-refractivity contribution in [2.75, 3.05) is 19.6 Å². The normalized spacial score (nSPS) is 19.8. The average molecular weight is 264 g/mol. The van der Waals surface area contributed by atoms with Crippen LogP contribution in [0.3, 0.4) is 0 Å². The lowest BCUT2D eigenvalue weighted by molar-refractivity contribution is 0.192. The highest BCUT2D eigenvalue weighted by atomic mass is 15.3. The third kappa shape index (κ3) is 3.57. The van der Waals surface area contributed by atoms with E-state index in [4.69, 9.17) is 0 Å². The van der Waals surface area contributed by atoms with Crippen molar-refractivity contribution < 1.29 is 0 Å². The number of hydrogen-bond donors (Lipinski definition) is 1. The maximum absolute atomic E-state index is 4.34. The molecular weight excluding hydrogens is 236 g/mol. The van der Waals surface area contributed by atoms with E-state index in [0.29, 0.717) is 12.1 Å². The van der Waals surface area contributed by atoms with E-state index in [9.17, 15) is 0 Å². The predicted molar refractivity (Wildman–Crippen MR) is 79.2 cm³/mol. The van der Waals surface area contributed by atoms with Crippen LogP contribution in [0, 0.1) is 6.92 Å². The molecule has 1 aliphatic heterocycles. The van der Waals surface area contributed by atoms with E-state index in [1.54, 1.807) is 0 Å². The number of likely N-dealkylation sites (tertiary alicyclic amines) is 1. The standard InChI is InChI=1S/C15H28N4/c1-5-8-19-9-6-14(7-10-19)17-12(2)15-11-16-18(4)13(15)3/h11-12,14,17H,5-10H2,1-4H3. The molecule has 0 aliphatic carbocycles. The van der Waals surface area contributed by atoms with Crippen molar-refractivity contribution in [2.45, 2.75) is 52.1 Å². The monoisotopic (exact) mass is 264 g/mol. The molecule has 4 heteroatoms. The van der Waals surface area contributed by atoms with Gasteiger partial charge in [-0.15, -0.1) is 0 Å². The Labute approximate surface area is 117 Å². The Kier molecular flexibility index (Phi) is 4.99. The number of piperidine rings is 1. The van der Waals surface area contributed by atoms with Crippen molar-refractivity contribution in [1.29, 1.82) is 0 Å². The fourth-order valence-corrected chi connectivity index (χ4v) is 3.02. The molecule has 0 bridgehead atoms. The van der Waals surface area contributed by atoms with Crippen LogP contribution in [0.2, 0.25) is 0 Å². The van der Waals surface area contributed by atoms with Crippen LogP contribution < -0.4 is 5.32 Å². The smallest absolute Gasteiger partial charge is 0.0540 e. The van der Waals surface area contributed by atoms with Gasteiger partial charge in [0.2, 0.25) is 0 Å². The summed E-state index contributed by atoms with van der Waals surface area (Å²) in [5.41, 5.74) is 2.60. The van der Waals surface area contributed by atoms with Crippen molar-refractivity contribution in [3.05, 3.63) is 17.5 Å². The first-order valence-electron chi connectivity index (χ1n) is 7.58. The molecule has 0 radical (unpaired) electrons. The van der Waals surface area contributed by atoms with Crippen molar-refractivity contribution >= 4 is 0 Å². The maximum atomic E-state index is 4.34. The van der Waals surface area contributed by atoms with E-state index in [1.807, 2.05) is 17.9 Å². The second-order valence-corrected chi connectivity index (χ2v) is 5.81. The highest BCUT2D eigenvalue weighted by Crippen LogP contribution is 2.19. The van der Waals surface area contributed by atoms with Gasteiger partial charge in [0.15, 0.2) is 0 Å². The highest BCUT2D eigenvalue weighted by Gasteiger charge is 2.21. The average Bonchev–Trinajstić information content (AvgIpc) is 2.73. The van der Waals surface area contributed by atoms with Crippen LogP contribution in [0.15, 0.2) is 6.20 Å². The first-order valence-corrected chi connectivity index (χ1v) is 7.58. The molecule has 1 fully saturated rings. The number of hydrogen-bond acceptors (Lipinski definition) is 3. The molecular formula is C15H28N4. The van der Waals surface area contributed by atoms with Gasteiger partial charge in [0.25, 0.3) is 0 Å². The van der Waals surface area contributed by atoms with Crippen molar-refractivity contribution in [3.63, 3.8) is 0 Å². The van der Waals surface area contributed by atoms with E-state index in [0.717, 1.165) is 0 Å². The second-order valence-electron chi connectivity index (χ2n) is 5.81. The highest BCUT2D eigenvalue weighted by molar-refractivity contribution is 5.19. The quantitative estimate of drug-likeness (QED) is 0.885. The summed E-state index contributed by atoms with van der Waals surface area (Å²) >= 11 is 0. The molecule has 2 rings (SSSR count). The first kappa shape index (κ1) is 14.5. The molecule has 0 saturated carbocycles. The SMILES string of the molecule is CCCN1CCC(NC(C)c2cnn(C)c2C)CC1. The third-order valence-corrected chi connectivity index (χ3v) is 4.35. The van der Waals surface area contributed by atoms with Crippen molar-refractivity contribution in [3.8, 4) is 0 Å². The third-order valence-electron chi connectivity index (χ3n) is 4.35. The van der Waals surface area contributed by atoms with Gasteiger partial charge >= 0.3 is 0 Å². The summed E-state index contributed by atoms with van der Waals surface area (Å²) < 4.78 is 1.96. The van der Waals surface area contributed by atoms with E-state index in [-0.39, 0.29) is 0 Å². The minimum atomic E-state index is 0.399. The molecule has 2 heterocycles. The zero-order valence-electron chi connectivity index (χ0n) is 12.8. The van der Waals surface area contributed by atoms with Gasteiger partial charge in [0, 0.05) is 30.4 Å². The molecule has 108 valence electrons. The summed E-state index contributed by atoms with van der Waals surface area (Å²) in [6, 6.07) is 1.05. The molecule has 0 amide bonds. The largest absolute Gasteiger partial charge is 0.307 e. The fraction of sp³-hybridized carbons (Fsp3) is 0.800. The molecule has 1 aromatic rings. The minimum Gasteiger partial charge on any atom is -0.307 e. The number of rotatable bonds is 5. The lowest BCUT2D eigenvalue weighted by atomic mass is 10.0. The summed E-state index contributed by atoms with van der Waals surface area (Å²) in [4.78, 5) is 2.58. The molecule has 4 nitrogen and oxygen atoms in total. The van der Waals surface area contributed by atoms with Crippen molar-refractivity contribution in [1.82, 2.24) is 20.0 Å². The second kappa shape index (κ2) is 6.53. The van der Waals surface area contributed by atoms with Gasteiger partial charge in [-0.1, -0.05) is 6.92 Å². The minimum absolute atomic E-state index is 0.399. The van der Waals surface area contributed by atoms with Crippen LogP contribution in [0.25, 0.3) is 0 Å². The number of nitrogens with zero attached hydrogens (tertiary/aromatic N) is 3. The molecule has 1 atom stereocenters. The maximum Gasteiger partial charge on any atom is 0.0540 e. The van der Waals surface area contributed by atoms with Gasteiger partial charge in [0.05, 0.1) is 6.20 Å². The van der Waals surface area contributed by atoms with Gasteiger partial charge < -0.3 is 10.2 Å². The predicted octanol–water partition coefficient (Wildman–Crippen LogP) is 2.25. The summed E-state index contributed by atoms with van der Waals surface area (Å²) in [6.45, 7) is 10.4. The Bertz CT molecular complexity index is 391. The fourth-order valence-electron chi connectivity index (χ4n) is 3.02. The van der Waals surface area contributed by atoms with E-state index >= 15 is 0 Å². The number of aryl methyl sites for hydroxylation is 1. The Balaban J connectivity index is 1.84. The molecule has 19 heavy (non-hydrogen) atoms. The molecule has 1 aliphatic rings. The van der Waals surface area contributed by atoms with Crippen LogP contribution >= 0.6 is 0 Å². The van der Waals surface area contributed by atoms with Gasteiger partial charge in [-0.25, -0.2) is 0 Å². The van der Waals surface area contributed by atoms with Crippen LogP contribution in [0.5, 0.6) is 0 Å². The van der Waals surface area contributed by atoms with Gasteiger partial charge in [0.1, 0.15) is 0 Å². The summed E-state index contributed by atoms with van der Waals surface area (Å²) in [7, 11) is 2.01. The zero-order chi connectivity index (χ0) is 13.8. The molecule has 1 unspecified atom stereocenters. The van der Waals surface area contributed by atoms with Gasteiger partial charge in [-0.2, -0.15) is 5.10 Å². The van der Waals surface area contributed by atoms with Crippen LogP contribution in [0.1, 0.15) is 50.4 Å². The Morgan fingerprint density at radius 1 is 1.42 bits per heavy atom. The molecule has 1 aromatic heterocycles. The van der Waals surface area contributed by atoms with Crippen LogP contribution in [-0.4, -0.2) is 40.4 Å². The van der Waals surface area contributed by atoms with E-state index in [2.05, 4.69) is 36.1 Å².